The number of carbonyl (C=O) groups excluding carboxylic acids is 1. The van der Waals surface area contributed by atoms with Gasteiger partial charge in [-0.15, -0.1) is 0 Å². The van der Waals surface area contributed by atoms with Gasteiger partial charge in [0.2, 0.25) is 5.91 Å². The Balaban J connectivity index is 1.54. The van der Waals surface area contributed by atoms with E-state index < -0.39 is 11.6 Å². The molecule has 0 unspecified atom stereocenters. The zero-order valence-corrected chi connectivity index (χ0v) is 14.7. The zero-order chi connectivity index (χ0) is 19.0. The molecule has 1 saturated heterocycles. The Morgan fingerprint density at radius 2 is 1.96 bits per heavy atom. The van der Waals surface area contributed by atoms with Gasteiger partial charge in [-0.2, -0.15) is 5.10 Å². The van der Waals surface area contributed by atoms with Gasteiger partial charge in [-0.1, -0.05) is 6.07 Å². The predicted molar refractivity (Wildman–Crippen MR) is 97.1 cm³/mol. The van der Waals surface area contributed by atoms with Gasteiger partial charge in [-0.25, -0.2) is 8.78 Å². The largest absolute Gasteiger partial charge is 0.297 e. The number of pyridine rings is 1. The lowest BCUT2D eigenvalue weighted by atomic mass is 9.98. The van der Waals surface area contributed by atoms with Gasteiger partial charge in [0.15, 0.2) is 11.6 Å². The monoisotopic (exact) mass is 368 g/mol. The summed E-state index contributed by atoms with van der Waals surface area (Å²) in [5, 5.41) is 7.33. The first-order valence-corrected chi connectivity index (χ1v) is 8.75. The maximum Gasteiger partial charge on any atom is 0.231 e. The smallest absolute Gasteiger partial charge is 0.231 e. The second-order valence-corrected chi connectivity index (χ2v) is 6.71. The Morgan fingerprint density at radius 3 is 2.70 bits per heavy atom. The molecule has 3 heterocycles. The number of H-pyrrole nitrogens is 1. The van der Waals surface area contributed by atoms with E-state index >= 15 is 0 Å². The number of nitrogens with zero attached hydrogens (tertiary/aromatic N) is 3. The fraction of sp³-hybridized carbons (Fsp3) is 0.250. The number of amides is 1. The third-order valence-electron chi connectivity index (χ3n) is 4.99. The lowest BCUT2D eigenvalue weighted by molar-refractivity contribution is -0.120. The molecule has 5 nitrogen and oxygen atoms in total. The maximum atomic E-state index is 13.4. The molecule has 0 bridgehead atoms. The number of aromatic amines is 1. The van der Waals surface area contributed by atoms with E-state index in [-0.39, 0.29) is 11.8 Å². The molecule has 1 aliphatic heterocycles. The summed E-state index contributed by atoms with van der Waals surface area (Å²) in [6.45, 7) is 2.48. The lowest BCUT2D eigenvalue weighted by Crippen LogP contribution is -2.28. The molecule has 3 aromatic rings. The zero-order valence-electron chi connectivity index (χ0n) is 14.7. The fourth-order valence-corrected chi connectivity index (χ4v) is 3.54. The second-order valence-electron chi connectivity index (χ2n) is 6.71. The minimum absolute atomic E-state index is 0.0345. The van der Waals surface area contributed by atoms with Gasteiger partial charge in [0, 0.05) is 36.0 Å². The molecule has 1 N–H and O–H groups in total. The predicted octanol–water partition coefficient (Wildman–Crippen LogP) is 3.65. The fourth-order valence-electron chi connectivity index (χ4n) is 3.54. The molecule has 0 spiro atoms. The van der Waals surface area contributed by atoms with Crippen molar-refractivity contribution in [1.82, 2.24) is 15.2 Å². The molecule has 1 amide bonds. The number of anilines is 1. The average Bonchev–Trinajstić information content (AvgIpc) is 3.22. The van der Waals surface area contributed by atoms with Gasteiger partial charge in [0.05, 0.1) is 5.69 Å². The highest BCUT2D eigenvalue weighted by Crippen LogP contribution is 2.32. The Bertz CT molecular complexity index is 987. The third-order valence-corrected chi connectivity index (χ3v) is 4.99. The quantitative estimate of drug-likeness (QED) is 0.765. The standard InChI is InChI=1S/C20H18F2N4O/c1-12-18(14-4-7-23-8-5-14)24-25-19(12)26-9-6-15(20(26)27)10-13-2-3-16(21)17(22)11-13/h2-5,7-8,11,15H,6,9-10H2,1H3,(H,24,25)/t15-/m0/s1. The van der Waals surface area contributed by atoms with Crippen LogP contribution in [0.5, 0.6) is 0 Å². The van der Waals surface area contributed by atoms with Crippen molar-refractivity contribution in [2.75, 3.05) is 11.4 Å². The van der Waals surface area contributed by atoms with Crippen molar-refractivity contribution >= 4 is 11.7 Å². The summed E-state index contributed by atoms with van der Waals surface area (Å²) >= 11 is 0. The van der Waals surface area contributed by atoms with Gasteiger partial charge < -0.3 is 0 Å². The van der Waals surface area contributed by atoms with Crippen LogP contribution < -0.4 is 4.90 Å². The van der Waals surface area contributed by atoms with Crippen LogP contribution in [0.25, 0.3) is 11.3 Å². The van der Waals surface area contributed by atoms with Crippen LogP contribution in [0.4, 0.5) is 14.6 Å². The van der Waals surface area contributed by atoms with Gasteiger partial charge in [-0.3, -0.25) is 19.8 Å². The first-order valence-electron chi connectivity index (χ1n) is 8.75. The number of nitrogens with one attached hydrogen (secondary N) is 1. The minimum atomic E-state index is -0.888. The van der Waals surface area contributed by atoms with E-state index in [1.54, 1.807) is 17.3 Å². The molecule has 1 aromatic carbocycles. The van der Waals surface area contributed by atoms with Crippen molar-refractivity contribution < 1.29 is 13.6 Å². The van der Waals surface area contributed by atoms with Gasteiger partial charge >= 0.3 is 0 Å². The van der Waals surface area contributed by atoms with Gasteiger partial charge in [0.1, 0.15) is 5.82 Å². The first-order chi connectivity index (χ1) is 13.0. The summed E-state index contributed by atoms with van der Waals surface area (Å²) in [5.74, 6) is -1.38. The van der Waals surface area contributed by atoms with Crippen LogP contribution >= 0.6 is 0 Å². The van der Waals surface area contributed by atoms with E-state index in [0.717, 1.165) is 29.0 Å². The minimum Gasteiger partial charge on any atom is -0.297 e. The van der Waals surface area contributed by atoms with Crippen LogP contribution in [0.3, 0.4) is 0 Å². The Kier molecular flexibility index (Phi) is 4.43. The van der Waals surface area contributed by atoms with Gasteiger partial charge in [-0.05, 0) is 49.6 Å². The van der Waals surface area contributed by atoms with Crippen molar-refractivity contribution in [2.24, 2.45) is 5.92 Å². The maximum absolute atomic E-state index is 13.4. The van der Waals surface area contributed by atoms with E-state index in [9.17, 15) is 13.6 Å². The number of carbonyl (C=O) groups is 1. The van der Waals surface area contributed by atoms with Crippen molar-refractivity contribution in [2.45, 2.75) is 19.8 Å². The topological polar surface area (TPSA) is 61.9 Å². The van der Waals surface area contributed by atoms with Crippen molar-refractivity contribution in [3.05, 3.63) is 65.5 Å². The van der Waals surface area contributed by atoms with Crippen LogP contribution in [-0.2, 0) is 11.2 Å². The van der Waals surface area contributed by atoms with Crippen molar-refractivity contribution in [3.8, 4) is 11.3 Å². The molecule has 7 heteroatoms. The van der Waals surface area contributed by atoms with Crippen LogP contribution in [0.2, 0.25) is 0 Å². The highest BCUT2D eigenvalue weighted by molar-refractivity contribution is 5.97. The molecule has 2 aromatic heterocycles. The normalized spacial score (nSPS) is 16.9. The molecule has 0 saturated carbocycles. The molecule has 0 aliphatic carbocycles. The number of aromatic nitrogens is 3. The summed E-state index contributed by atoms with van der Waals surface area (Å²) in [6, 6.07) is 7.52. The highest BCUT2D eigenvalue weighted by Gasteiger charge is 2.34. The number of rotatable bonds is 4. The van der Waals surface area contributed by atoms with E-state index in [0.29, 0.717) is 30.8 Å². The Labute approximate surface area is 155 Å². The van der Waals surface area contributed by atoms with Crippen molar-refractivity contribution in [3.63, 3.8) is 0 Å². The van der Waals surface area contributed by atoms with Crippen LogP contribution in [-0.4, -0.2) is 27.6 Å². The van der Waals surface area contributed by atoms with E-state index in [2.05, 4.69) is 15.2 Å². The SMILES string of the molecule is Cc1c(-c2ccncc2)n[nH]c1N1CC[C@@H](Cc2ccc(F)c(F)c2)C1=O. The van der Waals surface area contributed by atoms with Crippen LogP contribution in [0.1, 0.15) is 17.5 Å². The van der Waals surface area contributed by atoms with E-state index in [4.69, 9.17) is 0 Å². The van der Waals surface area contributed by atoms with Gasteiger partial charge in [0.25, 0.3) is 0 Å². The lowest BCUT2D eigenvalue weighted by Gasteiger charge is -2.16. The second kappa shape index (κ2) is 6.90. The third kappa shape index (κ3) is 3.20. The summed E-state index contributed by atoms with van der Waals surface area (Å²) in [4.78, 5) is 18.6. The summed E-state index contributed by atoms with van der Waals surface area (Å²) in [5.41, 5.74) is 3.22. The summed E-state index contributed by atoms with van der Waals surface area (Å²) in [7, 11) is 0. The Morgan fingerprint density at radius 1 is 1.19 bits per heavy atom. The van der Waals surface area contributed by atoms with E-state index in [1.807, 2.05) is 19.1 Å². The molecular formula is C20H18F2N4O. The molecule has 0 radical (unpaired) electrons. The molecule has 1 fully saturated rings. The van der Waals surface area contributed by atoms with Crippen LogP contribution in [0, 0.1) is 24.5 Å². The molecule has 138 valence electrons. The number of hydrogen-bond acceptors (Lipinski definition) is 3. The summed E-state index contributed by atoms with van der Waals surface area (Å²) in [6.07, 6.45) is 4.43. The Hall–Kier alpha value is -3.09. The number of benzene rings is 1. The number of halogens is 2. The molecular weight excluding hydrogens is 350 g/mol. The first kappa shape index (κ1) is 17.3. The molecule has 4 rings (SSSR count). The summed E-state index contributed by atoms with van der Waals surface area (Å²) < 4.78 is 26.5. The molecule has 1 atom stereocenters. The molecule has 27 heavy (non-hydrogen) atoms. The number of hydrogen-bond donors (Lipinski definition) is 1. The van der Waals surface area contributed by atoms with Crippen LogP contribution in [0.15, 0.2) is 42.7 Å². The average molecular weight is 368 g/mol. The molecule has 1 aliphatic rings. The van der Waals surface area contributed by atoms with Crippen molar-refractivity contribution in [1.29, 1.82) is 0 Å². The van der Waals surface area contributed by atoms with E-state index in [1.165, 1.54) is 6.07 Å². The highest BCUT2D eigenvalue weighted by atomic mass is 19.2.